The molecule has 1 saturated carbocycles. The molecule has 1 aliphatic rings. The summed E-state index contributed by atoms with van der Waals surface area (Å²) in [4.78, 5) is 0. The van der Waals surface area contributed by atoms with Crippen LogP contribution in [-0.2, 0) is 117 Å². The summed E-state index contributed by atoms with van der Waals surface area (Å²) in [7, 11) is -16.1. The molecule has 0 aliphatic heterocycles. The maximum absolute atomic E-state index is 16.4. The SMILES string of the molecule is COCO[C@H]1C(O[Si](c2ccccc2)(c2ccccc2)C(C)(C)C)[C@H](OCOC)[C@@H](OP(=O)(OCc2ccccc2)OCc2ccccc2)C(OP(=O)(OCc2ccccc2)OCc2ccccc2)[C@H]1OP(=O)(OCc1ccccc1)OCc1ccccc1. The summed E-state index contributed by atoms with van der Waals surface area (Å²) in [5.41, 5.74) is 3.67. The minimum Gasteiger partial charge on any atom is -0.399 e. The van der Waals surface area contributed by atoms with Crippen molar-refractivity contribution < 1.29 is 77.8 Å². The highest BCUT2D eigenvalue weighted by Crippen LogP contribution is 2.61. The van der Waals surface area contributed by atoms with Gasteiger partial charge in [0.15, 0.2) is 0 Å². The zero-order chi connectivity index (χ0) is 62.4. The van der Waals surface area contributed by atoms with E-state index in [0.29, 0.717) is 33.4 Å². The zero-order valence-electron chi connectivity index (χ0n) is 50.5. The summed E-state index contributed by atoms with van der Waals surface area (Å²) in [5.74, 6) is 0. The summed E-state index contributed by atoms with van der Waals surface area (Å²) in [5, 5.41) is 0.934. The summed E-state index contributed by atoms with van der Waals surface area (Å²) < 4.78 is 142. The molecule has 0 saturated heterocycles. The Bertz CT molecular complexity index is 3170. The van der Waals surface area contributed by atoms with Gasteiger partial charge in [0.05, 0.1) is 39.6 Å². The molecule has 0 aromatic heterocycles. The second-order valence-electron chi connectivity index (χ2n) is 21.9. The third kappa shape index (κ3) is 18.9. The Morgan fingerprint density at radius 2 is 0.528 bits per heavy atom. The molecule has 8 aromatic carbocycles. The molecule has 1 fully saturated rings. The van der Waals surface area contributed by atoms with Crippen LogP contribution in [-0.4, -0.2) is 72.7 Å². The molecule has 0 bridgehead atoms. The van der Waals surface area contributed by atoms with E-state index in [-0.39, 0.29) is 39.6 Å². The summed E-state index contributed by atoms with van der Waals surface area (Å²) in [6.45, 7) is 3.60. The molecule has 0 spiro atoms. The smallest absolute Gasteiger partial charge is 0.399 e. The van der Waals surface area contributed by atoms with Crippen LogP contribution < -0.4 is 10.4 Å². The second-order valence-corrected chi connectivity index (χ2v) is 31.0. The van der Waals surface area contributed by atoms with Crippen LogP contribution in [0.1, 0.15) is 54.2 Å². The fourth-order valence-electron chi connectivity index (χ4n) is 10.3. The molecule has 8 aromatic rings. The Labute approximate surface area is 523 Å². The molecular formula is C68H77O17P3Si. The molecule has 0 heterocycles. The van der Waals surface area contributed by atoms with Gasteiger partial charge in [0.1, 0.15) is 50.2 Å². The Balaban J connectivity index is 1.31. The van der Waals surface area contributed by atoms with E-state index in [4.69, 9.17) is 64.1 Å². The lowest BCUT2D eigenvalue weighted by atomic mass is 9.84. The van der Waals surface area contributed by atoms with Crippen LogP contribution in [0.15, 0.2) is 243 Å². The fraction of sp³-hybridized carbons (Fsp3) is 0.294. The number of benzene rings is 8. The van der Waals surface area contributed by atoms with E-state index in [1.807, 2.05) is 146 Å². The number of rotatable bonds is 34. The molecule has 89 heavy (non-hydrogen) atoms. The highest BCUT2D eigenvalue weighted by Gasteiger charge is 2.64. The Morgan fingerprint density at radius 1 is 0.315 bits per heavy atom. The quantitative estimate of drug-likeness (QED) is 0.0211. The van der Waals surface area contributed by atoms with E-state index in [2.05, 4.69) is 20.8 Å². The number of methoxy groups -OCH3 is 2. The predicted molar refractivity (Wildman–Crippen MR) is 341 cm³/mol. The Hall–Kier alpha value is -5.89. The van der Waals surface area contributed by atoms with Crippen LogP contribution in [0.5, 0.6) is 0 Å². The number of hydrogen-bond donors (Lipinski definition) is 0. The van der Waals surface area contributed by atoms with Gasteiger partial charge in [-0.25, -0.2) is 13.7 Å². The maximum Gasteiger partial charge on any atom is 0.475 e. The highest BCUT2D eigenvalue weighted by molar-refractivity contribution is 7.49. The van der Waals surface area contributed by atoms with Crippen molar-refractivity contribution in [2.24, 2.45) is 0 Å². The molecule has 21 heteroatoms. The number of phosphoric acid groups is 3. The second kappa shape index (κ2) is 32.9. The van der Waals surface area contributed by atoms with Gasteiger partial charge in [-0.1, -0.05) is 263 Å². The van der Waals surface area contributed by atoms with Gasteiger partial charge >= 0.3 is 23.5 Å². The van der Waals surface area contributed by atoms with Crippen LogP contribution in [0.3, 0.4) is 0 Å². The van der Waals surface area contributed by atoms with Crippen molar-refractivity contribution >= 4 is 42.2 Å². The van der Waals surface area contributed by atoms with Gasteiger partial charge in [0.25, 0.3) is 8.32 Å². The van der Waals surface area contributed by atoms with Crippen molar-refractivity contribution in [1.82, 2.24) is 0 Å². The van der Waals surface area contributed by atoms with Crippen molar-refractivity contribution in [2.75, 3.05) is 27.8 Å². The zero-order valence-corrected chi connectivity index (χ0v) is 54.2. The first kappa shape index (κ1) is 67.5. The molecule has 9 rings (SSSR count). The molecule has 0 N–H and O–H groups in total. The normalized spacial score (nSPS) is 18.4. The van der Waals surface area contributed by atoms with Gasteiger partial charge in [-0.3, -0.25) is 40.7 Å². The van der Waals surface area contributed by atoms with Gasteiger partial charge in [0, 0.05) is 14.2 Å². The molecule has 2 unspecified atom stereocenters. The summed E-state index contributed by atoms with van der Waals surface area (Å²) in [6.07, 6.45) is -10.4. The van der Waals surface area contributed by atoms with E-state index in [0.717, 1.165) is 10.4 Å². The lowest BCUT2D eigenvalue weighted by Gasteiger charge is -2.53. The summed E-state index contributed by atoms with van der Waals surface area (Å²) in [6, 6.07) is 73.8. The largest absolute Gasteiger partial charge is 0.475 e. The molecule has 6 atom stereocenters. The molecule has 470 valence electrons. The van der Waals surface area contributed by atoms with Crippen molar-refractivity contribution in [3.63, 3.8) is 0 Å². The average Bonchev–Trinajstić information content (AvgIpc) is 0.844. The van der Waals surface area contributed by atoms with Crippen molar-refractivity contribution in [1.29, 1.82) is 0 Å². The average molecular weight is 1290 g/mol. The number of phosphoric ester groups is 3. The van der Waals surface area contributed by atoms with E-state index in [1.54, 1.807) is 97.1 Å². The monoisotopic (exact) mass is 1290 g/mol. The Morgan fingerprint density at radius 3 is 0.742 bits per heavy atom. The number of ether oxygens (including phenoxy) is 4. The topological polar surface area (TPSA) is 180 Å². The third-order valence-corrected chi connectivity index (χ3v) is 23.8. The highest BCUT2D eigenvalue weighted by atomic mass is 31.2. The van der Waals surface area contributed by atoms with E-state index in [9.17, 15) is 0 Å². The molecule has 0 radical (unpaired) electrons. The van der Waals surface area contributed by atoms with E-state index < -0.39 is 87.0 Å². The first-order chi connectivity index (χ1) is 43.2. The van der Waals surface area contributed by atoms with Crippen LogP contribution in [0.2, 0.25) is 5.04 Å². The van der Waals surface area contributed by atoms with Gasteiger partial charge in [-0.2, -0.15) is 0 Å². The Kier molecular flexibility index (Phi) is 25.0. The van der Waals surface area contributed by atoms with Crippen LogP contribution in [0.25, 0.3) is 0 Å². The third-order valence-electron chi connectivity index (χ3n) is 14.6. The van der Waals surface area contributed by atoms with Crippen molar-refractivity contribution in [3.05, 3.63) is 276 Å². The van der Waals surface area contributed by atoms with Crippen molar-refractivity contribution in [3.8, 4) is 0 Å². The first-order valence-electron chi connectivity index (χ1n) is 29.2. The molecule has 1 aliphatic carbocycles. The minimum absolute atomic E-state index is 0.287. The standard InChI is InChI=1S/C68H77O17P3Si/c1-68(2,3)89(60-42-26-12-27-43-60,61-44-28-13-29-45-61)85-67-62(74-52-72-4)64(82-86(69,76-46-54-30-14-6-15-31-54)77-47-55-32-16-7-17-33-55)66(84-88(71,80-50-58-38-22-10-23-39-58)81-51-59-40-24-11-25-41-59)65(63(67)75-53-73-5)83-87(70,78-48-56-34-18-8-19-35-56)79-49-57-36-20-9-21-37-57/h6-45,62-67H,46-53H2,1-5H3/t62-,63-,64-,65+,66?,67?/m1/s1. The lowest BCUT2D eigenvalue weighted by Crippen LogP contribution is -2.74. The van der Waals surface area contributed by atoms with Gasteiger partial charge in [-0.15, -0.1) is 0 Å². The van der Waals surface area contributed by atoms with Gasteiger partial charge in [0.2, 0.25) is 0 Å². The van der Waals surface area contributed by atoms with Gasteiger partial charge < -0.3 is 23.4 Å². The molecule has 17 nitrogen and oxygen atoms in total. The first-order valence-corrected chi connectivity index (χ1v) is 35.5. The number of hydrogen-bond acceptors (Lipinski definition) is 17. The van der Waals surface area contributed by atoms with Crippen molar-refractivity contribution in [2.45, 2.75) is 102 Å². The van der Waals surface area contributed by atoms with Crippen LogP contribution >= 0.6 is 23.5 Å². The lowest BCUT2D eigenvalue weighted by molar-refractivity contribution is -0.259. The van der Waals surface area contributed by atoms with Gasteiger partial charge in [-0.05, 0) is 48.8 Å². The fourth-order valence-corrected chi connectivity index (χ4v) is 19.0. The van der Waals surface area contributed by atoms with E-state index >= 15 is 13.7 Å². The van der Waals surface area contributed by atoms with Crippen LogP contribution in [0, 0.1) is 0 Å². The molecule has 0 amide bonds. The predicted octanol–water partition coefficient (Wildman–Crippen LogP) is 14.7. The minimum atomic E-state index is -5.07. The maximum atomic E-state index is 16.4. The van der Waals surface area contributed by atoms with E-state index in [1.165, 1.54) is 14.2 Å². The summed E-state index contributed by atoms with van der Waals surface area (Å²) >= 11 is 0. The molecular weight excluding hydrogens is 1210 g/mol. The van der Waals surface area contributed by atoms with Crippen LogP contribution in [0.4, 0.5) is 0 Å².